The molecule has 0 bridgehead atoms. The number of hydrogen-bond donors (Lipinski definition) is 1. The summed E-state index contributed by atoms with van der Waals surface area (Å²) in [4.78, 5) is 15.2. The molecule has 0 aliphatic heterocycles. The van der Waals surface area contributed by atoms with Gasteiger partial charge in [-0.25, -0.2) is 15.0 Å². The lowest BCUT2D eigenvalue weighted by atomic mass is 9.82. The zero-order chi connectivity index (χ0) is 32.3. The third-order valence-corrected chi connectivity index (χ3v) is 10.3. The Morgan fingerprint density at radius 3 is 2.11 bits per heavy atom. The maximum Gasteiger partial charge on any atom is 0.330 e. The molecule has 0 saturated heterocycles. The van der Waals surface area contributed by atoms with Gasteiger partial charge < -0.3 is 14.2 Å². The highest BCUT2D eigenvalue weighted by molar-refractivity contribution is 7.26. The molecule has 1 N–H and O–H groups in total. The van der Waals surface area contributed by atoms with E-state index in [-0.39, 0.29) is 0 Å². The summed E-state index contributed by atoms with van der Waals surface area (Å²) < 4.78 is 14.7. The lowest BCUT2D eigenvalue weighted by Crippen LogP contribution is -2.49. The van der Waals surface area contributed by atoms with Crippen LogP contribution in [0.2, 0.25) is 0 Å². The van der Waals surface area contributed by atoms with Crippen LogP contribution in [0.25, 0.3) is 76.3 Å². The summed E-state index contributed by atoms with van der Waals surface area (Å²) in [5, 5.41) is 14.9. The van der Waals surface area contributed by atoms with Crippen LogP contribution >= 0.6 is 11.3 Å². The second-order valence-corrected chi connectivity index (χ2v) is 13.8. The minimum Gasteiger partial charge on any atom is -0.455 e. The minimum absolute atomic E-state index is 0.556. The topological polar surface area (TPSA) is 81.3 Å². The number of benzene rings is 5. The van der Waals surface area contributed by atoms with Crippen LogP contribution in [0.15, 0.2) is 114 Å². The number of nitrogens with zero attached hydrogens (tertiary/aromatic N) is 3. The summed E-state index contributed by atoms with van der Waals surface area (Å²) in [5.74, 6) is 1.75. The highest BCUT2D eigenvalue weighted by atomic mass is 32.1. The third kappa shape index (κ3) is 5.19. The van der Waals surface area contributed by atoms with Crippen LogP contribution in [0, 0.1) is 0 Å². The fraction of sp³-hybridized carbons (Fsp3) is 0.154. The van der Waals surface area contributed by atoms with Gasteiger partial charge in [-0.05, 0) is 57.3 Å². The van der Waals surface area contributed by atoms with Gasteiger partial charge in [0.15, 0.2) is 17.5 Å². The number of para-hydroxylation sites is 2. The SMILES string of the molecule is CC(C)(O)C(C)(C)O[B]c1ccc2sc3c(-c4nc(-c5ccccc5)nc(-c5cccc6c5oc5ccccc56)n4)cccc3c2c1. The Labute approximate surface area is 277 Å². The molecule has 47 heavy (non-hydrogen) atoms. The normalized spacial score (nSPS) is 12.4. The van der Waals surface area contributed by atoms with Gasteiger partial charge in [-0.15, -0.1) is 11.3 Å². The summed E-state index contributed by atoms with van der Waals surface area (Å²) in [6, 6.07) is 36.7. The van der Waals surface area contributed by atoms with E-state index in [0.29, 0.717) is 17.5 Å². The van der Waals surface area contributed by atoms with Gasteiger partial charge in [-0.2, -0.15) is 0 Å². The van der Waals surface area contributed by atoms with E-state index in [1.54, 1.807) is 32.7 Å². The standard InChI is InChI=1S/C39H31BN3O3S/c1-38(2,44)39(3,4)46-40-24-20-21-32-30(22-24)27-16-11-18-29(34(27)47-32)37-42-35(23-12-6-5-7-13-23)41-36(43-37)28-17-10-15-26-25-14-8-9-19-31(25)45-33(26)28/h5-22,44H,1-4H3. The molecule has 0 unspecified atom stereocenters. The van der Waals surface area contributed by atoms with Gasteiger partial charge >= 0.3 is 7.48 Å². The maximum absolute atomic E-state index is 10.5. The molecule has 5 aromatic carbocycles. The number of aromatic nitrogens is 3. The van der Waals surface area contributed by atoms with Gasteiger partial charge in [-0.1, -0.05) is 90.4 Å². The van der Waals surface area contributed by atoms with Gasteiger partial charge in [0.1, 0.15) is 11.2 Å². The van der Waals surface area contributed by atoms with E-state index in [2.05, 4.69) is 42.5 Å². The fourth-order valence-electron chi connectivity index (χ4n) is 5.68. The molecule has 6 nitrogen and oxygen atoms in total. The van der Waals surface area contributed by atoms with Crippen LogP contribution in [0.3, 0.4) is 0 Å². The molecule has 0 aliphatic rings. The van der Waals surface area contributed by atoms with Crippen LogP contribution in [-0.4, -0.2) is 38.7 Å². The lowest BCUT2D eigenvalue weighted by Gasteiger charge is -2.37. The average Bonchev–Trinajstić information content (AvgIpc) is 3.65. The second-order valence-electron chi connectivity index (χ2n) is 12.8. The Morgan fingerprint density at radius 2 is 1.32 bits per heavy atom. The van der Waals surface area contributed by atoms with Crippen molar-refractivity contribution in [2.24, 2.45) is 0 Å². The average molecular weight is 633 g/mol. The molecule has 0 saturated carbocycles. The first kappa shape index (κ1) is 29.5. The van der Waals surface area contributed by atoms with Crippen molar-refractivity contribution in [3.8, 4) is 34.2 Å². The van der Waals surface area contributed by atoms with Crippen LogP contribution in [-0.2, 0) is 4.65 Å². The van der Waals surface area contributed by atoms with Crippen molar-refractivity contribution in [1.82, 2.24) is 15.0 Å². The van der Waals surface area contributed by atoms with E-state index in [1.807, 2.05) is 80.6 Å². The van der Waals surface area contributed by atoms with Crippen molar-refractivity contribution < 1.29 is 14.2 Å². The first-order valence-electron chi connectivity index (χ1n) is 15.6. The van der Waals surface area contributed by atoms with E-state index < -0.39 is 11.2 Å². The molecular formula is C39H31BN3O3S. The van der Waals surface area contributed by atoms with Crippen molar-refractivity contribution in [3.05, 3.63) is 109 Å². The third-order valence-electron chi connectivity index (χ3n) is 9.04. The number of hydrogen-bond acceptors (Lipinski definition) is 7. The van der Waals surface area contributed by atoms with Crippen molar-refractivity contribution in [2.45, 2.75) is 38.9 Å². The molecule has 8 rings (SSSR count). The molecule has 1 radical (unpaired) electrons. The first-order valence-corrected chi connectivity index (χ1v) is 16.4. The predicted molar refractivity (Wildman–Crippen MR) is 193 cm³/mol. The highest BCUT2D eigenvalue weighted by Gasteiger charge is 2.35. The van der Waals surface area contributed by atoms with Gasteiger partial charge in [0.2, 0.25) is 0 Å². The van der Waals surface area contributed by atoms with Gasteiger partial charge in [0.25, 0.3) is 0 Å². The molecular weight excluding hydrogens is 601 g/mol. The molecule has 0 spiro atoms. The number of fused-ring (bicyclic) bond motifs is 6. The largest absolute Gasteiger partial charge is 0.455 e. The fourth-order valence-corrected chi connectivity index (χ4v) is 6.87. The predicted octanol–water partition coefficient (Wildman–Crippen LogP) is 8.95. The van der Waals surface area contributed by atoms with Crippen molar-refractivity contribution in [1.29, 1.82) is 0 Å². The second kappa shape index (κ2) is 11.1. The van der Waals surface area contributed by atoms with Gasteiger partial charge in [0, 0.05) is 36.7 Å². The smallest absolute Gasteiger partial charge is 0.330 e. The van der Waals surface area contributed by atoms with Crippen molar-refractivity contribution in [2.75, 3.05) is 0 Å². The van der Waals surface area contributed by atoms with Crippen LogP contribution in [0.4, 0.5) is 0 Å². The van der Waals surface area contributed by atoms with Crippen molar-refractivity contribution >= 4 is 66.4 Å². The Kier molecular flexibility index (Phi) is 6.99. The molecule has 8 aromatic rings. The molecule has 0 amide bonds. The summed E-state index contributed by atoms with van der Waals surface area (Å²) in [6.07, 6.45) is 0. The minimum atomic E-state index is -1.00. The molecule has 229 valence electrons. The molecule has 3 aromatic heterocycles. The van der Waals surface area contributed by atoms with E-state index in [0.717, 1.165) is 64.3 Å². The van der Waals surface area contributed by atoms with Crippen molar-refractivity contribution in [3.63, 3.8) is 0 Å². The zero-order valence-electron chi connectivity index (χ0n) is 26.5. The number of rotatable bonds is 7. The number of thiophene rings is 1. The number of furan rings is 1. The molecule has 0 fully saturated rings. The Balaban J connectivity index is 1.28. The van der Waals surface area contributed by atoms with E-state index >= 15 is 0 Å². The summed E-state index contributed by atoms with van der Waals surface area (Å²) in [5.41, 5.74) is 3.40. The molecule has 3 heterocycles. The van der Waals surface area contributed by atoms with Crippen LogP contribution in [0.1, 0.15) is 27.7 Å². The van der Waals surface area contributed by atoms with E-state index in [1.165, 1.54) is 0 Å². The quantitative estimate of drug-likeness (QED) is 0.177. The van der Waals surface area contributed by atoms with E-state index in [4.69, 9.17) is 24.0 Å². The van der Waals surface area contributed by atoms with Crippen LogP contribution in [0.5, 0.6) is 0 Å². The lowest BCUT2D eigenvalue weighted by molar-refractivity contribution is -0.0893. The monoisotopic (exact) mass is 632 g/mol. The Bertz CT molecular complexity index is 2440. The maximum atomic E-state index is 10.5. The first-order chi connectivity index (χ1) is 22.7. The Hall–Kier alpha value is -4.89. The summed E-state index contributed by atoms with van der Waals surface area (Å²) >= 11 is 1.71. The van der Waals surface area contributed by atoms with Crippen LogP contribution < -0.4 is 5.46 Å². The summed E-state index contributed by atoms with van der Waals surface area (Å²) in [6.45, 7) is 7.28. The molecule has 0 aliphatic carbocycles. The molecule has 8 heteroatoms. The highest BCUT2D eigenvalue weighted by Crippen LogP contribution is 2.40. The number of aliphatic hydroxyl groups is 1. The van der Waals surface area contributed by atoms with Gasteiger partial charge in [0.05, 0.1) is 16.8 Å². The Morgan fingerprint density at radius 1 is 0.660 bits per heavy atom. The molecule has 0 atom stereocenters. The zero-order valence-corrected chi connectivity index (χ0v) is 27.3. The van der Waals surface area contributed by atoms with E-state index in [9.17, 15) is 5.11 Å². The summed E-state index contributed by atoms with van der Waals surface area (Å²) in [7, 11) is 1.73. The van der Waals surface area contributed by atoms with Gasteiger partial charge in [-0.3, -0.25) is 0 Å².